The number of nitrogens with one attached hydrogen (secondary N) is 1. The van der Waals surface area contributed by atoms with Gasteiger partial charge in [-0.1, -0.05) is 17.7 Å². The van der Waals surface area contributed by atoms with Gasteiger partial charge in [0.15, 0.2) is 11.5 Å². The highest BCUT2D eigenvalue weighted by atomic mass is 19.3. The van der Waals surface area contributed by atoms with E-state index in [9.17, 15) is 18.4 Å². The van der Waals surface area contributed by atoms with E-state index in [1.807, 2.05) is 39.0 Å². The molecule has 1 aromatic heterocycles. The van der Waals surface area contributed by atoms with E-state index < -0.39 is 19.1 Å². The topological polar surface area (TPSA) is 113 Å². The average Bonchev–Trinajstić information content (AvgIpc) is 2.85. The van der Waals surface area contributed by atoms with Crippen LogP contribution in [-0.2, 0) is 19.5 Å². The third-order valence-corrected chi connectivity index (χ3v) is 6.43. The molecule has 0 aliphatic carbocycles. The van der Waals surface area contributed by atoms with Gasteiger partial charge in [-0.3, -0.25) is 9.13 Å². The number of carbonyl (C=O) groups excluding carboxylic acids is 1. The Morgan fingerprint density at radius 2 is 1.84 bits per heavy atom. The molecule has 38 heavy (non-hydrogen) atoms. The van der Waals surface area contributed by atoms with Crippen molar-refractivity contribution >= 4 is 11.7 Å². The van der Waals surface area contributed by atoms with Crippen LogP contribution in [0.25, 0.3) is 11.3 Å². The van der Waals surface area contributed by atoms with E-state index >= 15 is 0 Å². The number of fused-ring (bicyclic) bond motifs is 3. The largest absolute Gasteiger partial charge is 0.493 e. The van der Waals surface area contributed by atoms with E-state index in [1.165, 1.54) is 11.7 Å². The van der Waals surface area contributed by atoms with Gasteiger partial charge in [0.05, 0.1) is 18.5 Å². The molecule has 9 nitrogen and oxygen atoms in total. The molecule has 2 heterocycles. The first-order valence-corrected chi connectivity index (χ1v) is 12.2. The molecule has 3 N–H and O–H groups in total. The maximum atomic E-state index is 13.7. The molecule has 11 heteroatoms. The Morgan fingerprint density at radius 3 is 2.47 bits per heavy atom. The van der Waals surface area contributed by atoms with E-state index in [2.05, 4.69) is 5.32 Å². The summed E-state index contributed by atoms with van der Waals surface area (Å²) in [5.41, 5.74) is 11.3. The van der Waals surface area contributed by atoms with Crippen molar-refractivity contribution < 1.29 is 23.0 Å². The molecule has 0 radical (unpaired) electrons. The normalized spacial score (nSPS) is 12.8. The molecule has 202 valence electrons. The summed E-state index contributed by atoms with van der Waals surface area (Å²) < 4.78 is 39.4. The number of aromatic nitrogens is 2. The summed E-state index contributed by atoms with van der Waals surface area (Å²) in [6, 6.07) is 8.58. The predicted octanol–water partition coefficient (Wildman–Crippen LogP) is 3.35. The number of nitrogens with zero attached hydrogens (tertiary/aromatic N) is 3. The van der Waals surface area contributed by atoms with E-state index in [1.54, 1.807) is 16.7 Å². The second kappa shape index (κ2) is 11.1. The number of ether oxygens (including phenoxy) is 2. The van der Waals surface area contributed by atoms with Gasteiger partial charge in [0.2, 0.25) is 0 Å². The minimum atomic E-state index is -2.62. The number of primary amides is 1. The van der Waals surface area contributed by atoms with Crippen LogP contribution in [0.15, 0.2) is 40.1 Å². The molecule has 0 saturated carbocycles. The highest BCUT2D eigenvalue weighted by Crippen LogP contribution is 2.38. The first-order chi connectivity index (χ1) is 18.1. The van der Waals surface area contributed by atoms with Crippen LogP contribution in [0.5, 0.6) is 11.5 Å². The van der Waals surface area contributed by atoms with Crippen molar-refractivity contribution in [3.8, 4) is 22.8 Å². The van der Waals surface area contributed by atoms with Crippen molar-refractivity contribution in [2.75, 3.05) is 20.3 Å². The lowest BCUT2D eigenvalue weighted by Crippen LogP contribution is -2.44. The Labute approximate surface area is 218 Å². The van der Waals surface area contributed by atoms with E-state index in [-0.39, 0.29) is 30.3 Å². The summed E-state index contributed by atoms with van der Waals surface area (Å²) in [6.45, 7) is 5.87. The number of benzene rings is 2. The Hall–Kier alpha value is -4.15. The average molecular weight is 528 g/mol. The zero-order chi connectivity index (χ0) is 27.6. The Balaban J connectivity index is 1.92. The van der Waals surface area contributed by atoms with Crippen molar-refractivity contribution in [3.05, 3.63) is 68.6 Å². The molecule has 0 spiro atoms. The number of methoxy groups -OCH3 is 1. The van der Waals surface area contributed by atoms with Crippen LogP contribution in [0.1, 0.15) is 22.3 Å². The number of rotatable bonds is 8. The fraction of sp³-hybridized carbons (Fsp3) is 0.370. The quantitative estimate of drug-likeness (QED) is 0.468. The summed E-state index contributed by atoms with van der Waals surface area (Å²) in [5.74, 6) is 0.512. The summed E-state index contributed by atoms with van der Waals surface area (Å²) >= 11 is 0. The van der Waals surface area contributed by atoms with Gasteiger partial charge in [0.25, 0.3) is 6.43 Å². The molecule has 2 amide bonds. The number of hydrogen-bond acceptors (Lipinski definition) is 5. The number of amides is 2. The highest BCUT2D eigenvalue weighted by Gasteiger charge is 2.23. The molecule has 1 aliphatic rings. The van der Waals surface area contributed by atoms with Crippen LogP contribution in [-0.4, -0.2) is 41.9 Å². The minimum Gasteiger partial charge on any atom is -0.493 e. The van der Waals surface area contributed by atoms with E-state index in [4.69, 9.17) is 20.2 Å². The van der Waals surface area contributed by atoms with Gasteiger partial charge < -0.3 is 20.5 Å². The smallest absolute Gasteiger partial charge is 0.330 e. The molecule has 3 aromatic rings. The Kier molecular flexibility index (Phi) is 7.84. The number of alkyl halides is 2. The molecular formula is C27H31F2N5O4. The molecule has 0 fully saturated rings. The fourth-order valence-electron chi connectivity index (χ4n) is 4.83. The molecule has 0 atom stereocenters. The third-order valence-electron chi connectivity index (χ3n) is 6.43. The van der Waals surface area contributed by atoms with Gasteiger partial charge >= 0.3 is 11.7 Å². The van der Waals surface area contributed by atoms with Crippen LogP contribution >= 0.6 is 0 Å². The molecule has 1 aliphatic heterocycles. The fourth-order valence-corrected chi connectivity index (χ4v) is 4.83. The standard InChI is InChI=1S/C27H31F2N5O4/c1-15-9-16(2)25(17(3)10-15)32-24-13-20-19-12-21(37-4)22(38-14-23(28)29)11-18(19)5-7-33(20)27(36)34(24)8-6-31-26(30)35/h9-13,23H,5-8,14H2,1-4H3,(H3,30,31,35). The zero-order valence-corrected chi connectivity index (χ0v) is 21.8. The second-order valence-electron chi connectivity index (χ2n) is 9.24. The third kappa shape index (κ3) is 5.56. The maximum absolute atomic E-state index is 13.7. The van der Waals surface area contributed by atoms with Crippen LogP contribution < -0.4 is 31.7 Å². The number of nitrogens with two attached hydrogens (primary N) is 1. The van der Waals surface area contributed by atoms with Gasteiger partial charge in [-0.2, -0.15) is 0 Å². The molecular weight excluding hydrogens is 496 g/mol. The monoisotopic (exact) mass is 527 g/mol. The lowest BCUT2D eigenvalue weighted by molar-refractivity contribution is 0.0804. The molecule has 0 bridgehead atoms. The van der Waals surface area contributed by atoms with E-state index in [0.29, 0.717) is 24.1 Å². The molecule has 2 aromatic carbocycles. The van der Waals surface area contributed by atoms with Crippen molar-refractivity contribution in [2.45, 2.75) is 46.7 Å². The first kappa shape index (κ1) is 26.9. The highest BCUT2D eigenvalue weighted by molar-refractivity contribution is 5.71. The lowest BCUT2D eigenvalue weighted by Gasteiger charge is -2.25. The summed E-state index contributed by atoms with van der Waals surface area (Å²) in [6.07, 6.45) is -2.13. The summed E-state index contributed by atoms with van der Waals surface area (Å²) in [7, 11) is 1.43. The zero-order valence-electron chi connectivity index (χ0n) is 21.8. The number of halogens is 2. The number of aryl methyl sites for hydroxylation is 4. The molecule has 0 unspecified atom stereocenters. The van der Waals surface area contributed by atoms with Crippen molar-refractivity contribution in [2.24, 2.45) is 10.7 Å². The molecule has 0 saturated heterocycles. The van der Waals surface area contributed by atoms with Crippen LogP contribution in [0.2, 0.25) is 0 Å². The number of hydrogen-bond donors (Lipinski definition) is 2. The van der Waals surface area contributed by atoms with Gasteiger partial charge in [-0.05, 0) is 56.0 Å². The van der Waals surface area contributed by atoms with Crippen molar-refractivity contribution in [3.63, 3.8) is 0 Å². The van der Waals surface area contributed by atoms with Crippen LogP contribution in [0, 0.1) is 20.8 Å². The van der Waals surface area contributed by atoms with Gasteiger partial charge in [-0.15, -0.1) is 0 Å². The number of carbonyl (C=O) groups is 1. The summed E-state index contributed by atoms with van der Waals surface area (Å²) in [5, 5.41) is 2.52. The first-order valence-electron chi connectivity index (χ1n) is 12.2. The molecule has 4 rings (SSSR count). The van der Waals surface area contributed by atoms with Crippen molar-refractivity contribution in [1.29, 1.82) is 0 Å². The lowest BCUT2D eigenvalue weighted by atomic mass is 9.97. The Morgan fingerprint density at radius 1 is 1.13 bits per heavy atom. The van der Waals surface area contributed by atoms with Crippen LogP contribution in [0.3, 0.4) is 0 Å². The van der Waals surface area contributed by atoms with Crippen molar-refractivity contribution in [1.82, 2.24) is 14.5 Å². The Bertz CT molecular complexity index is 1490. The van der Waals surface area contributed by atoms with Gasteiger partial charge in [0.1, 0.15) is 12.1 Å². The predicted molar refractivity (Wildman–Crippen MR) is 139 cm³/mol. The van der Waals surface area contributed by atoms with E-state index in [0.717, 1.165) is 33.5 Å². The van der Waals surface area contributed by atoms with Gasteiger partial charge in [-0.25, -0.2) is 23.4 Å². The van der Waals surface area contributed by atoms with Crippen LogP contribution in [0.4, 0.5) is 19.3 Å². The SMILES string of the molecule is COc1cc2c(cc1OCC(F)F)CCn1c-2cc(=Nc2c(C)cc(C)cc2C)n(CCNC(N)=O)c1=O. The maximum Gasteiger partial charge on any atom is 0.330 e. The summed E-state index contributed by atoms with van der Waals surface area (Å²) in [4.78, 5) is 29.9. The minimum absolute atomic E-state index is 0.151. The van der Waals surface area contributed by atoms with Gasteiger partial charge in [0, 0.05) is 31.3 Å². The number of urea groups is 1. The second-order valence-corrected chi connectivity index (χ2v) is 9.24.